The number of sulfonamides is 1. The van der Waals surface area contributed by atoms with Crippen LogP contribution in [0.5, 0.6) is 0 Å². The molecular formula is C8H5N5O4S3. The summed E-state index contributed by atoms with van der Waals surface area (Å²) in [6.45, 7) is 0. The average Bonchev–Trinajstić information content (AvgIpc) is 3.01. The van der Waals surface area contributed by atoms with Crippen LogP contribution >= 0.6 is 22.7 Å². The van der Waals surface area contributed by atoms with Crippen LogP contribution < -0.4 is 5.14 Å². The number of thiophene rings is 1. The normalized spacial score (nSPS) is 12.1. The van der Waals surface area contributed by atoms with Crippen LogP contribution in [0.2, 0.25) is 0 Å². The molecule has 0 amide bonds. The third-order valence-electron chi connectivity index (χ3n) is 2.33. The first-order valence-electron chi connectivity index (χ1n) is 4.98. The molecule has 9 nitrogen and oxygen atoms in total. The number of rotatable bonds is 3. The molecule has 0 unspecified atom stereocenters. The molecule has 0 radical (unpaired) electrons. The number of aromatic nitrogens is 3. The van der Waals surface area contributed by atoms with Crippen molar-refractivity contribution < 1.29 is 13.3 Å². The minimum absolute atomic E-state index is 0.0168. The highest BCUT2D eigenvalue weighted by atomic mass is 32.2. The number of imidazole rings is 1. The van der Waals surface area contributed by atoms with Crippen LogP contribution in [-0.2, 0) is 10.0 Å². The highest BCUT2D eigenvalue weighted by Crippen LogP contribution is 2.33. The summed E-state index contributed by atoms with van der Waals surface area (Å²) in [7, 11) is -3.90. The number of primary sulfonamides is 1. The first-order valence-corrected chi connectivity index (χ1v) is 8.16. The van der Waals surface area contributed by atoms with Gasteiger partial charge < -0.3 is 0 Å². The van der Waals surface area contributed by atoms with Gasteiger partial charge in [-0.2, -0.15) is 0 Å². The molecule has 0 aliphatic heterocycles. The van der Waals surface area contributed by atoms with Crippen molar-refractivity contribution >= 4 is 42.7 Å². The van der Waals surface area contributed by atoms with Crippen molar-refractivity contribution in [2.75, 3.05) is 0 Å². The molecule has 3 rings (SSSR count). The van der Waals surface area contributed by atoms with Gasteiger partial charge in [0.1, 0.15) is 5.69 Å². The van der Waals surface area contributed by atoms with Gasteiger partial charge >= 0.3 is 5.00 Å². The summed E-state index contributed by atoms with van der Waals surface area (Å²) in [4.78, 5) is 15.1. The molecule has 12 heteroatoms. The predicted octanol–water partition coefficient (Wildman–Crippen LogP) is 1.07. The van der Waals surface area contributed by atoms with Crippen LogP contribution in [0.15, 0.2) is 22.7 Å². The molecule has 3 aromatic rings. The van der Waals surface area contributed by atoms with Crippen LogP contribution in [0, 0.1) is 10.1 Å². The summed E-state index contributed by atoms with van der Waals surface area (Å²) in [6, 6.07) is 2.93. The lowest BCUT2D eigenvalue weighted by Crippen LogP contribution is -2.12. The van der Waals surface area contributed by atoms with Gasteiger partial charge in [0.2, 0.25) is 9.30 Å². The maximum absolute atomic E-state index is 11.2. The average molecular weight is 331 g/mol. The van der Waals surface area contributed by atoms with Crippen molar-refractivity contribution in [1.29, 1.82) is 0 Å². The van der Waals surface area contributed by atoms with Gasteiger partial charge in [-0.15, -0.1) is 5.10 Å². The predicted molar refractivity (Wildman–Crippen MR) is 72.2 cm³/mol. The van der Waals surface area contributed by atoms with E-state index in [2.05, 4.69) is 10.1 Å². The molecule has 0 fully saturated rings. The van der Waals surface area contributed by atoms with Gasteiger partial charge in [0.15, 0.2) is 0 Å². The molecule has 0 atom stereocenters. The summed E-state index contributed by atoms with van der Waals surface area (Å²) in [5.41, 5.74) is 0.476. The first-order chi connectivity index (χ1) is 9.36. The SMILES string of the molecule is NS(=O)(=O)c1nn2c(-c3ccc([N+](=O)[O-])s3)cnc2s1. The lowest BCUT2D eigenvalue weighted by atomic mass is 10.4. The monoisotopic (exact) mass is 331 g/mol. The van der Waals surface area contributed by atoms with E-state index in [1.807, 2.05) is 0 Å². The quantitative estimate of drug-likeness (QED) is 0.563. The Kier molecular flexibility index (Phi) is 2.82. The smallest absolute Gasteiger partial charge is 0.258 e. The van der Waals surface area contributed by atoms with Gasteiger partial charge in [0, 0.05) is 6.07 Å². The van der Waals surface area contributed by atoms with E-state index in [4.69, 9.17) is 5.14 Å². The van der Waals surface area contributed by atoms with Crippen molar-refractivity contribution in [2.45, 2.75) is 4.34 Å². The van der Waals surface area contributed by atoms with E-state index in [-0.39, 0.29) is 9.34 Å². The molecule has 3 aromatic heterocycles. The van der Waals surface area contributed by atoms with E-state index in [0.29, 0.717) is 15.5 Å². The van der Waals surface area contributed by atoms with Crippen molar-refractivity contribution in [3.63, 3.8) is 0 Å². The molecule has 0 saturated heterocycles. The summed E-state index contributed by atoms with van der Waals surface area (Å²) in [5.74, 6) is 0. The fraction of sp³-hybridized carbons (Fsp3) is 0. The van der Waals surface area contributed by atoms with E-state index in [0.717, 1.165) is 22.7 Å². The first kappa shape index (κ1) is 13.1. The molecule has 104 valence electrons. The Balaban J connectivity index is 2.16. The number of hydrogen-bond donors (Lipinski definition) is 1. The van der Waals surface area contributed by atoms with Crippen LogP contribution in [0.25, 0.3) is 15.5 Å². The van der Waals surface area contributed by atoms with Gasteiger partial charge in [0.05, 0.1) is 16.0 Å². The van der Waals surface area contributed by atoms with Crippen LogP contribution in [0.1, 0.15) is 0 Å². The van der Waals surface area contributed by atoms with E-state index >= 15 is 0 Å². The Hall–Kier alpha value is -1.89. The number of hydrogen-bond acceptors (Lipinski definition) is 8. The van der Waals surface area contributed by atoms with Crippen molar-refractivity contribution in [1.82, 2.24) is 14.6 Å². The van der Waals surface area contributed by atoms with Gasteiger partial charge in [-0.05, 0) is 6.07 Å². The van der Waals surface area contributed by atoms with Crippen molar-refractivity contribution in [2.24, 2.45) is 5.14 Å². The van der Waals surface area contributed by atoms with Gasteiger partial charge in [-0.3, -0.25) is 10.1 Å². The molecule has 0 saturated carbocycles. The molecule has 0 bridgehead atoms. The van der Waals surface area contributed by atoms with Gasteiger partial charge in [-0.1, -0.05) is 22.7 Å². The second kappa shape index (κ2) is 4.31. The third kappa shape index (κ3) is 2.07. The Bertz CT molecular complexity index is 921. The molecule has 20 heavy (non-hydrogen) atoms. The van der Waals surface area contributed by atoms with Crippen molar-refractivity contribution in [3.8, 4) is 10.6 Å². The summed E-state index contributed by atoms with van der Waals surface area (Å²) in [5, 5.41) is 19.5. The van der Waals surface area contributed by atoms with E-state index < -0.39 is 14.9 Å². The second-order valence-electron chi connectivity index (χ2n) is 3.65. The topological polar surface area (TPSA) is 133 Å². The zero-order chi connectivity index (χ0) is 14.5. The van der Waals surface area contributed by atoms with E-state index in [1.54, 1.807) is 6.07 Å². The largest absolute Gasteiger partial charge is 0.324 e. The fourth-order valence-electron chi connectivity index (χ4n) is 1.52. The molecule has 0 aromatic carbocycles. The zero-order valence-electron chi connectivity index (χ0n) is 9.46. The lowest BCUT2D eigenvalue weighted by Gasteiger charge is -1.92. The van der Waals surface area contributed by atoms with Crippen LogP contribution in [-0.4, -0.2) is 27.9 Å². The van der Waals surface area contributed by atoms with E-state index in [1.165, 1.54) is 16.8 Å². The Labute approximate surface area is 119 Å². The number of nitro groups is 1. The van der Waals surface area contributed by atoms with Gasteiger partial charge in [0.25, 0.3) is 10.0 Å². The highest BCUT2D eigenvalue weighted by Gasteiger charge is 2.20. The summed E-state index contributed by atoms with van der Waals surface area (Å²) < 4.78 is 23.5. The lowest BCUT2D eigenvalue weighted by molar-refractivity contribution is -0.380. The maximum Gasteiger partial charge on any atom is 0.324 e. The van der Waals surface area contributed by atoms with Crippen molar-refractivity contribution in [3.05, 3.63) is 28.4 Å². The van der Waals surface area contributed by atoms with Gasteiger partial charge in [-0.25, -0.2) is 23.1 Å². The Morgan fingerprint density at radius 2 is 2.10 bits per heavy atom. The molecule has 0 spiro atoms. The Morgan fingerprint density at radius 1 is 1.35 bits per heavy atom. The highest BCUT2D eigenvalue weighted by molar-refractivity contribution is 7.91. The molecule has 0 aliphatic rings. The molecular weight excluding hydrogens is 326 g/mol. The van der Waals surface area contributed by atoms with Crippen LogP contribution in [0.3, 0.4) is 0 Å². The second-order valence-corrected chi connectivity index (χ2v) is 7.40. The minimum atomic E-state index is -3.90. The summed E-state index contributed by atoms with van der Waals surface area (Å²) in [6.07, 6.45) is 1.47. The molecule has 3 heterocycles. The fourth-order valence-corrected chi connectivity index (χ4v) is 3.83. The maximum atomic E-state index is 11.2. The number of nitrogens with zero attached hydrogens (tertiary/aromatic N) is 4. The Morgan fingerprint density at radius 3 is 2.70 bits per heavy atom. The number of fused-ring (bicyclic) bond motifs is 1. The molecule has 2 N–H and O–H groups in total. The summed E-state index contributed by atoms with van der Waals surface area (Å²) >= 11 is 1.79. The minimum Gasteiger partial charge on any atom is -0.258 e. The number of nitrogens with two attached hydrogens (primary N) is 1. The zero-order valence-corrected chi connectivity index (χ0v) is 11.9. The van der Waals surface area contributed by atoms with Crippen LogP contribution in [0.4, 0.5) is 5.00 Å². The third-order valence-corrected chi connectivity index (χ3v) is 5.63. The van der Waals surface area contributed by atoms with E-state index in [9.17, 15) is 18.5 Å². The molecule has 0 aliphatic carbocycles. The standard InChI is InChI=1S/C8H5N5O4S3/c9-20(16,17)8-11-12-4(3-10-7(12)19-8)5-1-2-6(18-5)13(14)15/h1-3H,(H2,9,16,17).